The molecule has 3 nitrogen and oxygen atoms in total. The minimum Gasteiger partial charge on any atom is -0.323 e. The zero-order valence-electron chi connectivity index (χ0n) is 9.20. The van der Waals surface area contributed by atoms with Gasteiger partial charge in [0.2, 0.25) is 0 Å². The molecule has 0 aliphatic carbocycles. The van der Waals surface area contributed by atoms with Gasteiger partial charge in [-0.2, -0.15) is 0 Å². The van der Waals surface area contributed by atoms with E-state index in [2.05, 4.69) is 23.8 Å². The minimum absolute atomic E-state index is 0.0478. The van der Waals surface area contributed by atoms with Crippen molar-refractivity contribution in [3.63, 3.8) is 0 Å². The molecule has 2 unspecified atom stereocenters. The summed E-state index contributed by atoms with van der Waals surface area (Å²) in [5.74, 6) is 1.45. The number of rotatable bonds is 4. The number of nitrogens with zero attached hydrogens (tertiary/aromatic N) is 2. The monoisotopic (exact) mass is 193 g/mol. The van der Waals surface area contributed by atoms with E-state index in [9.17, 15) is 0 Å². The molecule has 0 radical (unpaired) electrons. The molecule has 1 rings (SSSR count). The highest BCUT2D eigenvalue weighted by Gasteiger charge is 2.11. The van der Waals surface area contributed by atoms with Gasteiger partial charge in [-0.15, -0.1) is 0 Å². The third-order valence-corrected chi connectivity index (χ3v) is 2.53. The van der Waals surface area contributed by atoms with Crippen LogP contribution in [0.4, 0.5) is 0 Å². The average molecular weight is 193 g/mol. The van der Waals surface area contributed by atoms with Gasteiger partial charge < -0.3 is 5.73 Å². The molecule has 0 fully saturated rings. The van der Waals surface area contributed by atoms with Crippen LogP contribution in [0.25, 0.3) is 0 Å². The zero-order valence-corrected chi connectivity index (χ0v) is 9.20. The van der Waals surface area contributed by atoms with E-state index in [0.717, 1.165) is 24.4 Å². The molecule has 0 aliphatic rings. The SMILES string of the molecule is CCC(C)CC(N)c1ccnc(C)n1. The van der Waals surface area contributed by atoms with Crippen molar-refractivity contribution in [2.75, 3.05) is 0 Å². The van der Waals surface area contributed by atoms with Crippen molar-refractivity contribution in [2.45, 2.75) is 39.7 Å². The van der Waals surface area contributed by atoms with Crippen molar-refractivity contribution >= 4 is 0 Å². The predicted molar refractivity (Wildman–Crippen MR) is 57.8 cm³/mol. The van der Waals surface area contributed by atoms with Gasteiger partial charge in [-0.1, -0.05) is 20.3 Å². The Morgan fingerprint density at radius 2 is 2.21 bits per heavy atom. The molecule has 0 aromatic carbocycles. The molecule has 0 spiro atoms. The standard InChI is InChI=1S/C11H19N3/c1-4-8(2)7-10(12)11-5-6-13-9(3)14-11/h5-6,8,10H,4,7,12H2,1-3H3. The third-order valence-electron chi connectivity index (χ3n) is 2.53. The van der Waals surface area contributed by atoms with Gasteiger partial charge >= 0.3 is 0 Å². The lowest BCUT2D eigenvalue weighted by atomic mass is 9.98. The summed E-state index contributed by atoms with van der Waals surface area (Å²) in [5.41, 5.74) is 7.01. The summed E-state index contributed by atoms with van der Waals surface area (Å²) in [6.07, 6.45) is 3.93. The first-order valence-corrected chi connectivity index (χ1v) is 5.18. The quantitative estimate of drug-likeness (QED) is 0.797. The molecule has 0 saturated carbocycles. The highest BCUT2D eigenvalue weighted by atomic mass is 14.9. The highest BCUT2D eigenvalue weighted by molar-refractivity contribution is 5.06. The predicted octanol–water partition coefficient (Wildman–Crippen LogP) is 2.22. The van der Waals surface area contributed by atoms with Crippen LogP contribution in [-0.2, 0) is 0 Å². The third kappa shape index (κ3) is 3.07. The lowest BCUT2D eigenvalue weighted by Gasteiger charge is -2.15. The van der Waals surface area contributed by atoms with Crippen LogP contribution in [-0.4, -0.2) is 9.97 Å². The Labute approximate surface area is 85.8 Å². The molecule has 1 aromatic heterocycles. The van der Waals surface area contributed by atoms with Crippen LogP contribution < -0.4 is 5.73 Å². The normalized spacial score (nSPS) is 15.1. The second-order valence-electron chi connectivity index (χ2n) is 3.88. The Morgan fingerprint density at radius 3 is 2.79 bits per heavy atom. The fourth-order valence-electron chi connectivity index (χ4n) is 1.40. The molecule has 1 aromatic rings. The summed E-state index contributed by atoms with van der Waals surface area (Å²) in [6, 6.07) is 1.95. The van der Waals surface area contributed by atoms with E-state index >= 15 is 0 Å². The maximum Gasteiger partial charge on any atom is 0.125 e. The van der Waals surface area contributed by atoms with Crippen LogP contribution in [0.1, 0.15) is 44.2 Å². The van der Waals surface area contributed by atoms with Crippen LogP contribution in [0.3, 0.4) is 0 Å². The van der Waals surface area contributed by atoms with Crippen molar-refractivity contribution in [2.24, 2.45) is 11.7 Å². The first-order valence-electron chi connectivity index (χ1n) is 5.18. The van der Waals surface area contributed by atoms with E-state index in [1.807, 2.05) is 13.0 Å². The summed E-state index contributed by atoms with van der Waals surface area (Å²) in [7, 11) is 0. The van der Waals surface area contributed by atoms with E-state index in [-0.39, 0.29) is 6.04 Å². The fraction of sp³-hybridized carbons (Fsp3) is 0.636. The summed E-state index contributed by atoms with van der Waals surface area (Å²) >= 11 is 0. The maximum atomic E-state index is 6.05. The molecule has 2 atom stereocenters. The van der Waals surface area contributed by atoms with Gasteiger partial charge in [0.05, 0.1) is 5.69 Å². The average Bonchev–Trinajstić information content (AvgIpc) is 2.17. The summed E-state index contributed by atoms with van der Waals surface area (Å²) in [6.45, 7) is 6.29. The molecule has 0 amide bonds. The van der Waals surface area contributed by atoms with E-state index < -0.39 is 0 Å². The smallest absolute Gasteiger partial charge is 0.125 e. The molecule has 0 bridgehead atoms. The first kappa shape index (κ1) is 11.1. The van der Waals surface area contributed by atoms with Gasteiger partial charge in [-0.3, -0.25) is 0 Å². The molecule has 0 aliphatic heterocycles. The van der Waals surface area contributed by atoms with Gasteiger partial charge in [-0.25, -0.2) is 9.97 Å². The second-order valence-corrected chi connectivity index (χ2v) is 3.88. The molecule has 1 heterocycles. The van der Waals surface area contributed by atoms with E-state index in [1.165, 1.54) is 0 Å². The number of hydrogen-bond donors (Lipinski definition) is 1. The molecular weight excluding hydrogens is 174 g/mol. The molecule has 0 saturated heterocycles. The zero-order chi connectivity index (χ0) is 10.6. The van der Waals surface area contributed by atoms with Gasteiger partial charge in [-0.05, 0) is 25.3 Å². The number of aryl methyl sites for hydroxylation is 1. The Kier molecular flexibility index (Phi) is 4.01. The second kappa shape index (κ2) is 5.05. The van der Waals surface area contributed by atoms with Gasteiger partial charge in [0, 0.05) is 12.2 Å². The fourth-order valence-corrected chi connectivity index (χ4v) is 1.40. The Morgan fingerprint density at radius 1 is 1.50 bits per heavy atom. The lowest BCUT2D eigenvalue weighted by molar-refractivity contribution is 0.455. The van der Waals surface area contributed by atoms with Crippen LogP contribution in [0.2, 0.25) is 0 Å². The van der Waals surface area contributed by atoms with Crippen LogP contribution in [0.15, 0.2) is 12.3 Å². The van der Waals surface area contributed by atoms with Crippen molar-refractivity contribution in [1.82, 2.24) is 9.97 Å². The summed E-state index contributed by atoms with van der Waals surface area (Å²) < 4.78 is 0. The Balaban J connectivity index is 2.64. The van der Waals surface area contributed by atoms with Crippen LogP contribution in [0.5, 0.6) is 0 Å². The van der Waals surface area contributed by atoms with Crippen molar-refractivity contribution in [3.8, 4) is 0 Å². The maximum absolute atomic E-state index is 6.05. The minimum atomic E-state index is 0.0478. The van der Waals surface area contributed by atoms with Crippen LogP contribution in [0, 0.1) is 12.8 Å². The van der Waals surface area contributed by atoms with Crippen molar-refractivity contribution < 1.29 is 0 Å². The lowest BCUT2D eigenvalue weighted by Crippen LogP contribution is -2.15. The number of nitrogens with two attached hydrogens (primary N) is 1. The van der Waals surface area contributed by atoms with E-state index in [1.54, 1.807) is 6.20 Å². The van der Waals surface area contributed by atoms with Crippen LogP contribution >= 0.6 is 0 Å². The largest absolute Gasteiger partial charge is 0.323 e. The van der Waals surface area contributed by atoms with E-state index in [0.29, 0.717) is 5.92 Å². The van der Waals surface area contributed by atoms with E-state index in [4.69, 9.17) is 5.73 Å². The van der Waals surface area contributed by atoms with Gasteiger partial charge in [0.1, 0.15) is 5.82 Å². The first-order chi connectivity index (χ1) is 6.63. The summed E-state index contributed by atoms with van der Waals surface area (Å²) in [4.78, 5) is 8.38. The Bertz CT molecular complexity index is 286. The Hall–Kier alpha value is -0.960. The molecule has 2 N–H and O–H groups in total. The number of aromatic nitrogens is 2. The highest BCUT2D eigenvalue weighted by Crippen LogP contribution is 2.18. The molecular formula is C11H19N3. The van der Waals surface area contributed by atoms with Crippen molar-refractivity contribution in [3.05, 3.63) is 23.8 Å². The molecule has 3 heteroatoms. The topological polar surface area (TPSA) is 51.8 Å². The van der Waals surface area contributed by atoms with Gasteiger partial charge in [0.15, 0.2) is 0 Å². The van der Waals surface area contributed by atoms with Gasteiger partial charge in [0.25, 0.3) is 0 Å². The molecule has 78 valence electrons. The number of hydrogen-bond acceptors (Lipinski definition) is 3. The summed E-state index contributed by atoms with van der Waals surface area (Å²) in [5, 5.41) is 0. The molecule has 14 heavy (non-hydrogen) atoms. The van der Waals surface area contributed by atoms with Crippen molar-refractivity contribution in [1.29, 1.82) is 0 Å².